The fourth-order valence-corrected chi connectivity index (χ4v) is 2.84. The predicted octanol–water partition coefficient (Wildman–Crippen LogP) is 3.21. The van der Waals surface area contributed by atoms with Crippen LogP contribution in [0, 0.1) is 3.57 Å². The molecule has 2 rings (SSSR count). The van der Waals surface area contributed by atoms with Crippen molar-refractivity contribution in [3.63, 3.8) is 0 Å². The van der Waals surface area contributed by atoms with Gasteiger partial charge in [-0.05, 0) is 53.8 Å². The molecular formula is C14H18IN3. The molecular weight excluding hydrogens is 337 g/mol. The molecule has 2 aromatic rings. The molecule has 0 aliphatic heterocycles. The van der Waals surface area contributed by atoms with Crippen molar-refractivity contribution in [2.75, 3.05) is 6.54 Å². The van der Waals surface area contributed by atoms with E-state index in [1.807, 2.05) is 6.20 Å². The van der Waals surface area contributed by atoms with Crippen molar-refractivity contribution in [3.05, 3.63) is 51.4 Å². The second-order valence-electron chi connectivity index (χ2n) is 4.08. The number of hydrogen-bond donors (Lipinski definition) is 1. The van der Waals surface area contributed by atoms with Gasteiger partial charge in [-0.1, -0.05) is 25.1 Å². The average Bonchev–Trinajstić information content (AvgIpc) is 2.85. The Morgan fingerprint density at radius 3 is 2.72 bits per heavy atom. The average molecular weight is 355 g/mol. The summed E-state index contributed by atoms with van der Waals surface area (Å²) in [5.74, 6) is 0. The lowest BCUT2D eigenvalue weighted by atomic mass is 10.0. The Hall–Kier alpha value is -0.880. The van der Waals surface area contributed by atoms with E-state index in [9.17, 15) is 0 Å². The molecule has 4 heteroatoms. The minimum absolute atomic E-state index is 0.213. The Balaban J connectivity index is 2.43. The van der Waals surface area contributed by atoms with Gasteiger partial charge in [-0.2, -0.15) is 5.10 Å². The minimum atomic E-state index is 0.213. The number of nitrogens with zero attached hydrogens (tertiary/aromatic N) is 2. The van der Waals surface area contributed by atoms with Crippen LogP contribution in [0.25, 0.3) is 0 Å². The van der Waals surface area contributed by atoms with Gasteiger partial charge in [0.15, 0.2) is 0 Å². The fraction of sp³-hybridized carbons (Fsp3) is 0.357. The molecule has 3 nitrogen and oxygen atoms in total. The van der Waals surface area contributed by atoms with Crippen molar-refractivity contribution >= 4 is 22.6 Å². The van der Waals surface area contributed by atoms with E-state index in [0.29, 0.717) is 0 Å². The first-order valence-corrected chi connectivity index (χ1v) is 7.35. The van der Waals surface area contributed by atoms with E-state index in [0.717, 1.165) is 13.1 Å². The van der Waals surface area contributed by atoms with Gasteiger partial charge in [0.1, 0.15) is 0 Å². The van der Waals surface area contributed by atoms with E-state index >= 15 is 0 Å². The molecule has 0 saturated heterocycles. The summed E-state index contributed by atoms with van der Waals surface area (Å²) in [5, 5.41) is 7.92. The van der Waals surface area contributed by atoms with Crippen molar-refractivity contribution in [2.45, 2.75) is 26.4 Å². The molecule has 1 unspecified atom stereocenters. The van der Waals surface area contributed by atoms with Gasteiger partial charge in [0.2, 0.25) is 0 Å². The van der Waals surface area contributed by atoms with Gasteiger partial charge in [0, 0.05) is 16.3 Å². The zero-order valence-corrected chi connectivity index (χ0v) is 12.9. The second-order valence-corrected chi connectivity index (χ2v) is 5.25. The SMILES string of the molecule is CCNC(c1ccccc1I)c1ccnn1CC. The third-order valence-electron chi connectivity index (χ3n) is 2.97. The molecule has 1 heterocycles. The van der Waals surface area contributed by atoms with E-state index in [1.54, 1.807) is 0 Å². The monoisotopic (exact) mass is 355 g/mol. The van der Waals surface area contributed by atoms with Crippen molar-refractivity contribution in [3.8, 4) is 0 Å². The van der Waals surface area contributed by atoms with Crippen LogP contribution in [-0.2, 0) is 6.54 Å². The summed E-state index contributed by atoms with van der Waals surface area (Å²) in [5.41, 5.74) is 2.54. The van der Waals surface area contributed by atoms with Crippen LogP contribution in [0.15, 0.2) is 36.5 Å². The first kappa shape index (κ1) is 13.5. The van der Waals surface area contributed by atoms with Crippen LogP contribution in [0.4, 0.5) is 0 Å². The molecule has 0 spiro atoms. The van der Waals surface area contributed by atoms with Crippen LogP contribution in [0.3, 0.4) is 0 Å². The van der Waals surface area contributed by atoms with Crippen molar-refractivity contribution in [1.29, 1.82) is 0 Å². The highest BCUT2D eigenvalue weighted by Crippen LogP contribution is 2.25. The lowest BCUT2D eigenvalue weighted by Gasteiger charge is -2.20. The Bertz CT molecular complexity index is 507. The molecule has 0 aliphatic rings. The summed E-state index contributed by atoms with van der Waals surface area (Å²) in [7, 11) is 0. The summed E-state index contributed by atoms with van der Waals surface area (Å²) >= 11 is 2.39. The maximum Gasteiger partial charge on any atom is 0.0758 e. The van der Waals surface area contributed by atoms with Gasteiger partial charge in [-0.3, -0.25) is 4.68 Å². The largest absolute Gasteiger partial charge is 0.305 e. The maximum atomic E-state index is 4.37. The number of hydrogen-bond acceptors (Lipinski definition) is 2. The zero-order chi connectivity index (χ0) is 13.0. The van der Waals surface area contributed by atoms with E-state index in [1.165, 1.54) is 14.8 Å². The molecule has 1 atom stereocenters. The van der Waals surface area contributed by atoms with Gasteiger partial charge in [0.25, 0.3) is 0 Å². The predicted molar refractivity (Wildman–Crippen MR) is 82.6 cm³/mol. The second kappa shape index (κ2) is 6.33. The highest BCUT2D eigenvalue weighted by Gasteiger charge is 2.18. The molecule has 0 fully saturated rings. The number of aromatic nitrogens is 2. The molecule has 0 radical (unpaired) electrons. The van der Waals surface area contributed by atoms with E-state index < -0.39 is 0 Å². The Kier molecular flexibility index (Phi) is 4.77. The Labute approximate surface area is 122 Å². The molecule has 1 N–H and O–H groups in total. The molecule has 0 aliphatic carbocycles. The third-order valence-corrected chi connectivity index (χ3v) is 3.95. The van der Waals surface area contributed by atoms with Crippen LogP contribution < -0.4 is 5.32 Å². The van der Waals surface area contributed by atoms with Crippen LogP contribution in [-0.4, -0.2) is 16.3 Å². The molecule has 96 valence electrons. The fourth-order valence-electron chi connectivity index (χ4n) is 2.14. The van der Waals surface area contributed by atoms with Crippen LogP contribution in [0.5, 0.6) is 0 Å². The maximum absolute atomic E-state index is 4.37. The molecule has 0 amide bonds. The topological polar surface area (TPSA) is 29.9 Å². The van der Waals surface area contributed by atoms with Crippen molar-refractivity contribution < 1.29 is 0 Å². The van der Waals surface area contributed by atoms with Crippen molar-refractivity contribution in [1.82, 2.24) is 15.1 Å². The van der Waals surface area contributed by atoms with E-state index in [-0.39, 0.29) is 6.04 Å². The number of rotatable bonds is 5. The summed E-state index contributed by atoms with van der Waals surface area (Å²) in [6.07, 6.45) is 1.87. The third kappa shape index (κ3) is 2.75. The summed E-state index contributed by atoms with van der Waals surface area (Å²) < 4.78 is 3.33. The van der Waals surface area contributed by atoms with Gasteiger partial charge >= 0.3 is 0 Å². The minimum Gasteiger partial charge on any atom is -0.305 e. The quantitative estimate of drug-likeness (QED) is 0.835. The number of nitrogens with one attached hydrogen (secondary N) is 1. The molecule has 18 heavy (non-hydrogen) atoms. The molecule has 1 aromatic heterocycles. The summed E-state index contributed by atoms with van der Waals surface area (Å²) in [6.45, 7) is 6.09. The lowest BCUT2D eigenvalue weighted by Crippen LogP contribution is -2.25. The van der Waals surface area contributed by atoms with Crippen LogP contribution in [0.1, 0.15) is 31.1 Å². The van der Waals surface area contributed by atoms with Crippen LogP contribution in [0.2, 0.25) is 0 Å². The normalized spacial score (nSPS) is 12.6. The highest BCUT2D eigenvalue weighted by molar-refractivity contribution is 14.1. The van der Waals surface area contributed by atoms with Crippen molar-refractivity contribution in [2.24, 2.45) is 0 Å². The molecule has 0 bridgehead atoms. The first-order chi connectivity index (χ1) is 8.77. The standard InChI is InChI=1S/C14H18IN3/c1-3-16-14(11-7-5-6-8-12(11)15)13-9-10-17-18(13)4-2/h5-10,14,16H,3-4H2,1-2H3. The Morgan fingerprint density at radius 2 is 2.06 bits per heavy atom. The Morgan fingerprint density at radius 1 is 1.28 bits per heavy atom. The van der Waals surface area contributed by atoms with Gasteiger partial charge < -0.3 is 5.32 Å². The molecule has 0 saturated carbocycles. The zero-order valence-electron chi connectivity index (χ0n) is 10.7. The summed E-state index contributed by atoms with van der Waals surface area (Å²) in [6, 6.07) is 10.8. The highest BCUT2D eigenvalue weighted by atomic mass is 127. The van der Waals surface area contributed by atoms with E-state index in [2.05, 4.69) is 81.9 Å². The number of halogens is 1. The van der Waals surface area contributed by atoms with Crippen LogP contribution >= 0.6 is 22.6 Å². The van der Waals surface area contributed by atoms with Gasteiger partial charge in [-0.15, -0.1) is 0 Å². The van der Waals surface area contributed by atoms with E-state index in [4.69, 9.17) is 0 Å². The van der Waals surface area contributed by atoms with Gasteiger partial charge in [-0.25, -0.2) is 0 Å². The number of benzene rings is 1. The molecule has 1 aromatic carbocycles. The number of aryl methyl sites for hydroxylation is 1. The smallest absolute Gasteiger partial charge is 0.0758 e. The van der Waals surface area contributed by atoms with Gasteiger partial charge in [0.05, 0.1) is 11.7 Å². The first-order valence-electron chi connectivity index (χ1n) is 6.27. The lowest BCUT2D eigenvalue weighted by molar-refractivity contribution is 0.541. The summed E-state index contributed by atoms with van der Waals surface area (Å²) in [4.78, 5) is 0.